The van der Waals surface area contributed by atoms with E-state index in [0.717, 1.165) is 0 Å². The van der Waals surface area contributed by atoms with Crippen LogP contribution in [0, 0.1) is 0 Å². The second kappa shape index (κ2) is 5.94. The first-order valence-electron chi connectivity index (χ1n) is 6.20. The fourth-order valence-electron chi connectivity index (χ4n) is 1.94. The normalized spacial score (nSPS) is 13.4. The Balaban J connectivity index is 2.36. The number of nitrogens with zero attached hydrogens (tertiary/aromatic N) is 3. The Morgan fingerprint density at radius 3 is 2.38 bits per heavy atom. The van der Waals surface area contributed by atoms with Gasteiger partial charge < -0.3 is 4.90 Å². The monoisotopic (exact) mass is 347 g/mol. The van der Waals surface area contributed by atoms with Crippen molar-refractivity contribution in [2.24, 2.45) is 0 Å². The van der Waals surface area contributed by atoms with Crippen LogP contribution in [-0.4, -0.2) is 43.5 Å². The molecule has 0 amide bonds. The minimum Gasteiger partial charge on any atom is -0.355 e. The lowest BCUT2D eigenvalue weighted by atomic mass is 10.3. The van der Waals surface area contributed by atoms with Gasteiger partial charge in [-0.2, -0.15) is 0 Å². The van der Waals surface area contributed by atoms with E-state index in [9.17, 15) is 8.42 Å². The van der Waals surface area contributed by atoms with Crippen molar-refractivity contribution in [1.29, 1.82) is 0 Å². The summed E-state index contributed by atoms with van der Waals surface area (Å²) < 4.78 is 22.8. The van der Waals surface area contributed by atoms with Crippen molar-refractivity contribution in [3.8, 4) is 0 Å². The van der Waals surface area contributed by atoms with Crippen molar-refractivity contribution in [1.82, 2.24) is 9.97 Å². The van der Waals surface area contributed by atoms with Gasteiger partial charge in [0, 0.05) is 19.3 Å². The van der Waals surface area contributed by atoms with Crippen LogP contribution in [0.3, 0.4) is 0 Å². The van der Waals surface area contributed by atoms with Gasteiger partial charge in [-0.25, -0.2) is 13.4 Å². The van der Waals surface area contributed by atoms with Crippen molar-refractivity contribution in [2.75, 3.05) is 24.0 Å². The molecule has 21 heavy (non-hydrogen) atoms. The molecule has 0 aliphatic carbocycles. The van der Waals surface area contributed by atoms with Crippen LogP contribution in [0.1, 0.15) is 6.92 Å². The SMILES string of the molecule is C[C@@H](CS(C)(=O)=O)N(C)c1cnc2cc(Cl)c(Cl)cc2n1. The molecule has 0 unspecified atom stereocenters. The Labute approximate surface area is 133 Å². The lowest BCUT2D eigenvalue weighted by molar-refractivity contribution is 0.592. The highest BCUT2D eigenvalue weighted by molar-refractivity contribution is 7.90. The Morgan fingerprint density at radius 2 is 1.81 bits per heavy atom. The maximum absolute atomic E-state index is 11.4. The average molecular weight is 348 g/mol. The van der Waals surface area contributed by atoms with Crippen LogP contribution < -0.4 is 4.90 Å². The highest BCUT2D eigenvalue weighted by atomic mass is 35.5. The van der Waals surface area contributed by atoms with Crippen LogP contribution in [0.25, 0.3) is 11.0 Å². The van der Waals surface area contributed by atoms with Gasteiger partial charge in [0.1, 0.15) is 15.7 Å². The van der Waals surface area contributed by atoms with E-state index in [0.29, 0.717) is 26.9 Å². The van der Waals surface area contributed by atoms with Crippen molar-refractivity contribution >= 4 is 49.9 Å². The van der Waals surface area contributed by atoms with Gasteiger partial charge in [-0.15, -0.1) is 0 Å². The Hall–Kier alpha value is -1.11. The van der Waals surface area contributed by atoms with Gasteiger partial charge >= 0.3 is 0 Å². The Bertz CT molecular complexity index is 780. The topological polar surface area (TPSA) is 63.2 Å². The number of aromatic nitrogens is 2. The van der Waals surface area contributed by atoms with Crippen LogP contribution in [0.5, 0.6) is 0 Å². The summed E-state index contributed by atoms with van der Waals surface area (Å²) in [6, 6.07) is 3.08. The molecule has 1 atom stereocenters. The largest absolute Gasteiger partial charge is 0.355 e. The first-order chi connectivity index (χ1) is 9.67. The summed E-state index contributed by atoms with van der Waals surface area (Å²) in [4.78, 5) is 10.5. The summed E-state index contributed by atoms with van der Waals surface area (Å²) in [7, 11) is -1.28. The van der Waals surface area contributed by atoms with Crippen molar-refractivity contribution < 1.29 is 8.42 Å². The van der Waals surface area contributed by atoms with Crippen LogP contribution in [-0.2, 0) is 9.84 Å². The third-order valence-corrected chi connectivity index (χ3v) is 4.95. The molecule has 0 saturated heterocycles. The number of hydrogen-bond donors (Lipinski definition) is 0. The summed E-state index contributed by atoms with van der Waals surface area (Å²) in [6.07, 6.45) is 2.80. The van der Waals surface area contributed by atoms with Gasteiger partial charge in [-0.1, -0.05) is 23.2 Å². The molecule has 8 heteroatoms. The Morgan fingerprint density at radius 1 is 1.24 bits per heavy atom. The zero-order valence-electron chi connectivity index (χ0n) is 11.8. The van der Waals surface area contributed by atoms with Gasteiger partial charge in [-0.05, 0) is 19.1 Å². The van der Waals surface area contributed by atoms with Crippen LogP contribution in [0.4, 0.5) is 5.82 Å². The zero-order chi connectivity index (χ0) is 15.8. The fraction of sp³-hybridized carbons (Fsp3) is 0.385. The molecule has 0 bridgehead atoms. The van der Waals surface area contributed by atoms with Crippen LogP contribution >= 0.6 is 23.2 Å². The first kappa shape index (κ1) is 16.3. The molecular formula is C13H15Cl2N3O2S. The lowest BCUT2D eigenvalue weighted by Crippen LogP contribution is -2.35. The zero-order valence-corrected chi connectivity index (χ0v) is 14.2. The summed E-state index contributed by atoms with van der Waals surface area (Å²) in [5.41, 5.74) is 1.25. The number of fused-ring (bicyclic) bond motifs is 1. The minimum absolute atomic E-state index is 0.0462. The average Bonchev–Trinajstić information content (AvgIpc) is 2.36. The minimum atomic E-state index is -3.06. The highest BCUT2D eigenvalue weighted by Crippen LogP contribution is 2.27. The molecule has 2 rings (SSSR count). The van der Waals surface area contributed by atoms with Crippen molar-refractivity contribution in [3.63, 3.8) is 0 Å². The van der Waals surface area contributed by atoms with E-state index in [2.05, 4.69) is 9.97 Å². The van der Waals surface area contributed by atoms with Gasteiger partial charge in [0.25, 0.3) is 0 Å². The molecular weight excluding hydrogens is 333 g/mol. The predicted octanol–water partition coefficient (Wildman–Crippen LogP) is 2.81. The molecule has 0 spiro atoms. The van der Waals surface area contributed by atoms with Gasteiger partial charge in [-0.3, -0.25) is 4.98 Å². The standard InChI is InChI=1S/C13H15Cl2N3O2S/c1-8(7-21(3,19)20)18(2)13-6-16-11-4-9(14)10(15)5-12(11)17-13/h4-6,8H,7H2,1-3H3/t8-/m0/s1. The number of anilines is 1. The summed E-state index contributed by atoms with van der Waals surface area (Å²) in [6.45, 7) is 1.82. The quantitative estimate of drug-likeness (QED) is 0.850. The maximum atomic E-state index is 11.4. The van der Waals surface area contributed by atoms with Crippen LogP contribution in [0.15, 0.2) is 18.3 Å². The smallest absolute Gasteiger partial charge is 0.149 e. The van der Waals surface area contributed by atoms with Crippen LogP contribution in [0.2, 0.25) is 10.0 Å². The molecule has 1 aromatic heterocycles. The first-order valence-corrected chi connectivity index (χ1v) is 9.01. The van der Waals surface area contributed by atoms with Crippen molar-refractivity contribution in [3.05, 3.63) is 28.4 Å². The predicted molar refractivity (Wildman–Crippen MR) is 87.1 cm³/mol. The number of rotatable bonds is 4. The maximum Gasteiger partial charge on any atom is 0.149 e. The molecule has 0 fully saturated rings. The van der Waals surface area contributed by atoms with E-state index in [1.165, 1.54) is 6.26 Å². The number of benzene rings is 1. The van der Waals surface area contributed by atoms with Gasteiger partial charge in [0.05, 0.1) is 33.0 Å². The molecule has 1 heterocycles. The van der Waals surface area contributed by atoms with Gasteiger partial charge in [0.2, 0.25) is 0 Å². The number of halogens is 2. The van der Waals surface area contributed by atoms with E-state index >= 15 is 0 Å². The second-order valence-corrected chi connectivity index (χ2v) is 8.03. The molecule has 0 saturated carbocycles. The molecule has 114 valence electrons. The number of sulfone groups is 1. The molecule has 2 aromatic rings. The third-order valence-electron chi connectivity index (χ3n) is 3.14. The highest BCUT2D eigenvalue weighted by Gasteiger charge is 2.17. The molecule has 5 nitrogen and oxygen atoms in total. The Kier molecular flexibility index (Phi) is 4.60. The summed E-state index contributed by atoms with van der Waals surface area (Å²) in [5, 5.41) is 0.826. The second-order valence-electron chi connectivity index (χ2n) is 5.04. The lowest BCUT2D eigenvalue weighted by Gasteiger charge is -2.25. The molecule has 0 aliphatic heterocycles. The molecule has 0 N–H and O–H groups in total. The van der Waals surface area contributed by atoms with Gasteiger partial charge in [0.15, 0.2) is 0 Å². The molecule has 1 aromatic carbocycles. The summed E-state index contributed by atoms with van der Waals surface area (Å²) in [5.74, 6) is 0.627. The summed E-state index contributed by atoms with van der Waals surface area (Å²) >= 11 is 11.9. The molecule has 0 aliphatic rings. The number of hydrogen-bond acceptors (Lipinski definition) is 5. The van der Waals surface area contributed by atoms with Crippen molar-refractivity contribution in [2.45, 2.75) is 13.0 Å². The van der Waals surface area contributed by atoms with E-state index < -0.39 is 9.84 Å². The third kappa shape index (κ3) is 3.96. The fourth-order valence-corrected chi connectivity index (χ4v) is 3.36. The van der Waals surface area contributed by atoms with E-state index in [1.807, 2.05) is 6.92 Å². The van der Waals surface area contributed by atoms with E-state index in [-0.39, 0.29) is 11.8 Å². The van der Waals surface area contributed by atoms with E-state index in [4.69, 9.17) is 23.2 Å². The van der Waals surface area contributed by atoms with E-state index in [1.54, 1.807) is 30.3 Å². The molecule has 0 radical (unpaired) electrons.